The van der Waals surface area contributed by atoms with Gasteiger partial charge in [-0.15, -0.1) is 0 Å². The van der Waals surface area contributed by atoms with E-state index in [2.05, 4.69) is 0 Å². The Morgan fingerprint density at radius 1 is 1.21 bits per heavy atom. The third-order valence-electron chi connectivity index (χ3n) is 2.34. The van der Waals surface area contributed by atoms with E-state index in [1.54, 1.807) is 18.2 Å². The molecule has 0 aliphatic carbocycles. The average molecular weight is 256 g/mol. The van der Waals surface area contributed by atoms with Gasteiger partial charge in [-0.3, -0.25) is 10.1 Å². The van der Waals surface area contributed by atoms with Gasteiger partial charge in [-0.05, 0) is 24.3 Å². The number of nitriles is 1. The first-order valence-electron chi connectivity index (χ1n) is 5.25. The summed E-state index contributed by atoms with van der Waals surface area (Å²) < 4.78 is 5.38. The summed E-state index contributed by atoms with van der Waals surface area (Å²) >= 11 is 0. The quantitative estimate of drug-likeness (QED) is 0.672. The summed E-state index contributed by atoms with van der Waals surface area (Å²) in [6.07, 6.45) is 0. The van der Waals surface area contributed by atoms with E-state index in [9.17, 15) is 15.2 Å². The number of phenols is 1. The predicted octanol–water partition coefficient (Wildman–Crippen LogP) is 2.96. The second kappa shape index (κ2) is 5.06. The molecule has 2 aromatic rings. The number of nitrogens with zero attached hydrogens (tertiary/aromatic N) is 2. The Morgan fingerprint density at radius 3 is 2.58 bits per heavy atom. The summed E-state index contributed by atoms with van der Waals surface area (Å²) in [5, 5.41) is 28.8. The molecule has 0 aliphatic rings. The lowest BCUT2D eigenvalue weighted by Gasteiger charge is -2.06. The van der Waals surface area contributed by atoms with Crippen molar-refractivity contribution in [2.45, 2.75) is 0 Å². The Kier molecular flexibility index (Phi) is 3.30. The fourth-order valence-corrected chi connectivity index (χ4v) is 1.50. The lowest BCUT2D eigenvalue weighted by atomic mass is 10.2. The van der Waals surface area contributed by atoms with Crippen molar-refractivity contribution in [1.82, 2.24) is 0 Å². The second-order valence-corrected chi connectivity index (χ2v) is 3.65. The van der Waals surface area contributed by atoms with E-state index in [-0.39, 0.29) is 22.7 Å². The van der Waals surface area contributed by atoms with E-state index in [0.717, 1.165) is 0 Å². The molecule has 0 saturated heterocycles. The number of hydrogen-bond acceptors (Lipinski definition) is 5. The molecule has 0 heterocycles. The van der Waals surface area contributed by atoms with Gasteiger partial charge in [0.1, 0.15) is 28.9 Å². The molecule has 0 spiro atoms. The van der Waals surface area contributed by atoms with Crippen molar-refractivity contribution in [2.24, 2.45) is 0 Å². The SMILES string of the molecule is N#Cc1ccc(Oc2cccc(O)c2)cc1[N+](=O)[O-]. The first-order valence-corrected chi connectivity index (χ1v) is 5.25. The zero-order valence-electron chi connectivity index (χ0n) is 9.61. The monoisotopic (exact) mass is 256 g/mol. The molecule has 0 aromatic heterocycles. The molecule has 6 nitrogen and oxygen atoms in total. The summed E-state index contributed by atoms with van der Waals surface area (Å²) in [7, 11) is 0. The van der Waals surface area contributed by atoms with Crippen LogP contribution in [0.3, 0.4) is 0 Å². The first kappa shape index (κ1) is 12.4. The van der Waals surface area contributed by atoms with Gasteiger partial charge in [-0.1, -0.05) is 6.07 Å². The number of ether oxygens (including phenoxy) is 1. The van der Waals surface area contributed by atoms with Gasteiger partial charge in [0, 0.05) is 6.07 Å². The number of nitro groups is 1. The molecule has 2 aromatic carbocycles. The van der Waals surface area contributed by atoms with E-state index in [1.807, 2.05) is 0 Å². The third-order valence-corrected chi connectivity index (χ3v) is 2.34. The number of nitro benzene ring substituents is 1. The highest BCUT2D eigenvalue weighted by Crippen LogP contribution is 2.29. The standard InChI is InChI=1S/C13H8N2O4/c14-8-9-4-5-12(7-13(9)15(17)18)19-11-3-1-2-10(16)6-11/h1-7,16H. The van der Waals surface area contributed by atoms with Crippen molar-refractivity contribution in [3.63, 3.8) is 0 Å². The van der Waals surface area contributed by atoms with Gasteiger partial charge < -0.3 is 9.84 Å². The molecule has 0 fully saturated rings. The van der Waals surface area contributed by atoms with Crippen LogP contribution in [0, 0.1) is 21.4 Å². The number of phenolic OH excluding ortho intramolecular Hbond substituents is 1. The van der Waals surface area contributed by atoms with Crippen LogP contribution in [0.15, 0.2) is 42.5 Å². The summed E-state index contributed by atoms with van der Waals surface area (Å²) in [4.78, 5) is 10.2. The van der Waals surface area contributed by atoms with Crippen molar-refractivity contribution < 1.29 is 14.8 Å². The molecule has 0 atom stereocenters. The fraction of sp³-hybridized carbons (Fsp3) is 0. The van der Waals surface area contributed by atoms with E-state index < -0.39 is 4.92 Å². The summed E-state index contributed by atoms with van der Waals surface area (Å²) in [5.41, 5.74) is -0.353. The van der Waals surface area contributed by atoms with E-state index >= 15 is 0 Å². The van der Waals surface area contributed by atoms with E-state index in [4.69, 9.17) is 10.00 Å². The first-order chi connectivity index (χ1) is 9.10. The summed E-state index contributed by atoms with van der Waals surface area (Å²) in [6.45, 7) is 0. The molecule has 19 heavy (non-hydrogen) atoms. The van der Waals surface area contributed by atoms with Crippen LogP contribution in [0.25, 0.3) is 0 Å². The van der Waals surface area contributed by atoms with Gasteiger partial charge in [0.15, 0.2) is 0 Å². The number of benzene rings is 2. The molecule has 0 bridgehead atoms. The molecule has 6 heteroatoms. The molecular formula is C13H8N2O4. The third kappa shape index (κ3) is 2.79. The Hall–Kier alpha value is -3.07. The van der Waals surface area contributed by atoms with Gasteiger partial charge in [0.2, 0.25) is 0 Å². The predicted molar refractivity (Wildman–Crippen MR) is 66.0 cm³/mol. The number of rotatable bonds is 3. The molecule has 1 N–H and O–H groups in total. The van der Waals surface area contributed by atoms with Crippen molar-refractivity contribution in [2.75, 3.05) is 0 Å². The minimum atomic E-state index is -0.645. The Bertz CT molecular complexity index is 677. The highest BCUT2D eigenvalue weighted by Gasteiger charge is 2.15. The summed E-state index contributed by atoms with van der Waals surface area (Å²) in [5.74, 6) is 0.593. The zero-order chi connectivity index (χ0) is 13.8. The van der Waals surface area contributed by atoms with Crippen LogP contribution in [0.4, 0.5) is 5.69 Å². The van der Waals surface area contributed by atoms with Crippen LogP contribution in [0.5, 0.6) is 17.2 Å². The largest absolute Gasteiger partial charge is 0.508 e. The van der Waals surface area contributed by atoms with Gasteiger partial charge >= 0.3 is 0 Å². The zero-order valence-corrected chi connectivity index (χ0v) is 9.61. The van der Waals surface area contributed by atoms with E-state index in [0.29, 0.717) is 5.75 Å². The minimum Gasteiger partial charge on any atom is -0.508 e. The van der Waals surface area contributed by atoms with Crippen LogP contribution in [0.1, 0.15) is 5.56 Å². The van der Waals surface area contributed by atoms with Crippen LogP contribution < -0.4 is 4.74 Å². The molecule has 0 aliphatic heterocycles. The van der Waals surface area contributed by atoms with Crippen LogP contribution in [0.2, 0.25) is 0 Å². The maximum Gasteiger partial charge on any atom is 0.290 e. The van der Waals surface area contributed by atoms with E-state index in [1.165, 1.54) is 30.3 Å². The normalized spacial score (nSPS) is 9.63. The van der Waals surface area contributed by atoms with Crippen molar-refractivity contribution >= 4 is 5.69 Å². The number of aromatic hydroxyl groups is 1. The molecule has 0 unspecified atom stereocenters. The number of hydrogen-bond donors (Lipinski definition) is 1. The highest BCUT2D eigenvalue weighted by molar-refractivity contribution is 5.53. The Morgan fingerprint density at radius 2 is 1.95 bits per heavy atom. The van der Waals surface area contributed by atoms with Crippen molar-refractivity contribution in [3.05, 3.63) is 58.1 Å². The van der Waals surface area contributed by atoms with Gasteiger partial charge in [-0.2, -0.15) is 5.26 Å². The van der Waals surface area contributed by atoms with Crippen molar-refractivity contribution in [1.29, 1.82) is 5.26 Å². The fourth-order valence-electron chi connectivity index (χ4n) is 1.50. The molecular weight excluding hydrogens is 248 g/mol. The Balaban J connectivity index is 2.34. The Labute approximate surface area is 108 Å². The van der Waals surface area contributed by atoms with Gasteiger partial charge in [0.25, 0.3) is 5.69 Å². The highest BCUT2D eigenvalue weighted by atomic mass is 16.6. The second-order valence-electron chi connectivity index (χ2n) is 3.65. The summed E-state index contributed by atoms with van der Waals surface area (Å²) in [6, 6.07) is 11.7. The van der Waals surface area contributed by atoms with Crippen LogP contribution >= 0.6 is 0 Å². The average Bonchev–Trinajstić information content (AvgIpc) is 2.38. The van der Waals surface area contributed by atoms with Gasteiger partial charge in [-0.25, -0.2) is 0 Å². The molecule has 0 saturated carbocycles. The maximum atomic E-state index is 10.8. The van der Waals surface area contributed by atoms with Crippen LogP contribution in [-0.4, -0.2) is 10.0 Å². The van der Waals surface area contributed by atoms with Gasteiger partial charge in [0.05, 0.1) is 11.0 Å². The molecule has 0 radical (unpaired) electrons. The molecule has 2 rings (SSSR count). The van der Waals surface area contributed by atoms with Crippen LogP contribution in [-0.2, 0) is 0 Å². The lowest BCUT2D eigenvalue weighted by molar-refractivity contribution is -0.385. The minimum absolute atomic E-state index is 0.0284. The maximum absolute atomic E-state index is 10.8. The lowest BCUT2D eigenvalue weighted by Crippen LogP contribution is -1.93. The molecule has 0 amide bonds. The van der Waals surface area contributed by atoms with Crippen molar-refractivity contribution in [3.8, 4) is 23.3 Å². The topological polar surface area (TPSA) is 96.4 Å². The smallest absolute Gasteiger partial charge is 0.290 e. The molecule has 94 valence electrons.